The molecule has 5 heteroatoms. The molecule has 0 saturated heterocycles. The summed E-state index contributed by atoms with van der Waals surface area (Å²) in [4.78, 5) is 16.4. The van der Waals surface area contributed by atoms with E-state index >= 15 is 0 Å². The summed E-state index contributed by atoms with van der Waals surface area (Å²) >= 11 is 5.85. The molecule has 1 aromatic carbocycles. The minimum Gasteiger partial charge on any atom is -0.372 e. The van der Waals surface area contributed by atoms with E-state index in [9.17, 15) is 4.79 Å². The maximum Gasteiger partial charge on any atom is 0.255 e. The van der Waals surface area contributed by atoms with Crippen LogP contribution in [0.3, 0.4) is 0 Å². The number of amides is 1. The number of hydrogen-bond donors (Lipinski definition) is 2. The monoisotopic (exact) mass is 289 g/mol. The Hall–Kier alpha value is -2.07. The molecule has 20 heavy (non-hydrogen) atoms. The molecule has 0 radical (unpaired) electrons. The lowest BCUT2D eigenvalue weighted by atomic mass is 10.1. The first-order valence-electron chi connectivity index (χ1n) is 6.31. The molecule has 0 aliphatic carbocycles. The van der Waals surface area contributed by atoms with Gasteiger partial charge in [0.1, 0.15) is 5.82 Å². The predicted octanol–water partition coefficient (Wildman–Crippen LogP) is 3.27. The molecule has 4 nitrogen and oxygen atoms in total. The van der Waals surface area contributed by atoms with Crippen LogP contribution in [0.2, 0.25) is 5.02 Å². The van der Waals surface area contributed by atoms with Crippen molar-refractivity contribution in [1.82, 2.24) is 10.3 Å². The third kappa shape index (κ3) is 3.27. The Morgan fingerprint density at radius 2 is 1.95 bits per heavy atom. The van der Waals surface area contributed by atoms with Crippen LogP contribution in [0.5, 0.6) is 0 Å². The SMILES string of the molecule is CNc1ncccc1C(=O)NC(C)c1ccc(Cl)cc1. The molecule has 0 fully saturated rings. The van der Waals surface area contributed by atoms with Crippen molar-refractivity contribution in [3.05, 3.63) is 58.7 Å². The zero-order valence-corrected chi connectivity index (χ0v) is 12.1. The summed E-state index contributed by atoms with van der Waals surface area (Å²) in [6, 6.07) is 10.8. The fourth-order valence-corrected chi connectivity index (χ4v) is 2.02. The second-order valence-electron chi connectivity index (χ2n) is 4.40. The van der Waals surface area contributed by atoms with Crippen molar-refractivity contribution in [2.24, 2.45) is 0 Å². The first-order chi connectivity index (χ1) is 9.61. The van der Waals surface area contributed by atoms with Crippen molar-refractivity contribution >= 4 is 23.3 Å². The van der Waals surface area contributed by atoms with Gasteiger partial charge in [-0.2, -0.15) is 0 Å². The molecular weight excluding hydrogens is 274 g/mol. The minimum absolute atomic E-state index is 0.107. The van der Waals surface area contributed by atoms with Crippen LogP contribution in [-0.4, -0.2) is 17.9 Å². The molecule has 0 aliphatic rings. The molecule has 1 heterocycles. The van der Waals surface area contributed by atoms with E-state index in [2.05, 4.69) is 15.6 Å². The number of aromatic nitrogens is 1. The van der Waals surface area contributed by atoms with Gasteiger partial charge >= 0.3 is 0 Å². The van der Waals surface area contributed by atoms with Gasteiger partial charge in [0.15, 0.2) is 0 Å². The van der Waals surface area contributed by atoms with Gasteiger partial charge in [0.25, 0.3) is 5.91 Å². The van der Waals surface area contributed by atoms with E-state index in [1.807, 2.05) is 31.2 Å². The van der Waals surface area contributed by atoms with E-state index in [1.165, 1.54) is 0 Å². The van der Waals surface area contributed by atoms with E-state index in [0.29, 0.717) is 16.4 Å². The Bertz CT molecular complexity index is 598. The zero-order valence-electron chi connectivity index (χ0n) is 11.4. The molecule has 2 rings (SSSR count). The topological polar surface area (TPSA) is 54.0 Å². The summed E-state index contributed by atoms with van der Waals surface area (Å²) < 4.78 is 0. The Morgan fingerprint density at radius 3 is 2.60 bits per heavy atom. The van der Waals surface area contributed by atoms with Crippen LogP contribution in [-0.2, 0) is 0 Å². The van der Waals surface area contributed by atoms with Crippen molar-refractivity contribution in [1.29, 1.82) is 0 Å². The Morgan fingerprint density at radius 1 is 1.25 bits per heavy atom. The number of benzene rings is 1. The molecule has 2 N–H and O–H groups in total. The van der Waals surface area contributed by atoms with Gasteiger partial charge in [-0.1, -0.05) is 23.7 Å². The molecule has 2 aromatic rings. The second-order valence-corrected chi connectivity index (χ2v) is 4.83. The normalized spacial score (nSPS) is 11.8. The fourth-order valence-electron chi connectivity index (χ4n) is 1.90. The standard InChI is InChI=1S/C15H16ClN3O/c1-10(11-5-7-12(16)8-6-11)19-15(20)13-4-3-9-18-14(13)17-2/h3-10H,1-2H3,(H,17,18)(H,19,20). The van der Waals surface area contributed by atoms with Crippen molar-refractivity contribution in [3.63, 3.8) is 0 Å². The summed E-state index contributed by atoms with van der Waals surface area (Å²) in [6.45, 7) is 1.93. The lowest BCUT2D eigenvalue weighted by Crippen LogP contribution is -2.27. The highest BCUT2D eigenvalue weighted by molar-refractivity contribution is 6.30. The molecule has 0 bridgehead atoms. The quantitative estimate of drug-likeness (QED) is 0.908. The van der Waals surface area contributed by atoms with Gasteiger partial charge in [0.2, 0.25) is 0 Å². The minimum atomic E-state index is -0.162. The Labute approximate surface area is 123 Å². The van der Waals surface area contributed by atoms with E-state index in [-0.39, 0.29) is 11.9 Å². The summed E-state index contributed by atoms with van der Waals surface area (Å²) in [7, 11) is 1.74. The van der Waals surface area contributed by atoms with E-state index < -0.39 is 0 Å². The lowest BCUT2D eigenvalue weighted by molar-refractivity contribution is 0.0940. The molecule has 104 valence electrons. The highest BCUT2D eigenvalue weighted by Gasteiger charge is 2.14. The molecule has 0 spiro atoms. The number of anilines is 1. The van der Waals surface area contributed by atoms with Crippen LogP contribution in [0.1, 0.15) is 28.9 Å². The van der Waals surface area contributed by atoms with Gasteiger partial charge in [0, 0.05) is 18.3 Å². The van der Waals surface area contributed by atoms with Crippen LogP contribution < -0.4 is 10.6 Å². The van der Waals surface area contributed by atoms with E-state index in [0.717, 1.165) is 5.56 Å². The molecule has 0 saturated carbocycles. The van der Waals surface area contributed by atoms with Crippen molar-refractivity contribution < 1.29 is 4.79 Å². The van der Waals surface area contributed by atoms with Crippen LogP contribution in [0.25, 0.3) is 0 Å². The number of carbonyl (C=O) groups is 1. The number of pyridine rings is 1. The first-order valence-corrected chi connectivity index (χ1v) is 6.68. The molecule has 0 aliphatic heterocycles. The number of rotatable bonds is 4. The van der Waals surface area contributed by atoms with Gasteiger partial charge < -0.3 is 10.6 Å². The largest absolute Gasteiger partial charge is 0.372 e. The summed E-state index contributed by atoms with van der Waals surface area (Å²) in [5, 5.41) is 6.53. The Kier molecular flexibility index (Phi) is 4.58. The van der Waals surface area contributed by atoms with Crippen LogP contribution in [0.4, 0.5) is 5.82 Å². The molecule has 1 aromatic heterocycles. The number of halogens is 1. The zero-order chi connectivity index (χ0) is 14.5. The molecule has 1 atom stereocenters. The van der Waals surface area contributed by atoms with Gasteiger partial charge in [-0.25, -0.2) is 4.98 Å². The first kappa shape index (κ1) is 14.3. The second kappa shape index (κ2) is 6.39. The summed E-state index contributed by atoms with van der Waals surface area (Å²) in [6.07, 6.45) is 1.64. The number of carbonyl (C=O) groups excluding carboxylic acids is 1. The van der Waals surface area contributed by atoms with Gasteiger partial charge in [0.05, 0.1) is 11.6 Å². The smallest absolute Gasteiger partial charge is 0.255 e. The maximum absolute atomic E-state index is 12.3. The van der Waals surface area contributed by atoms with Crippen LogP contribution >= 0.6 is 11.6 Å². The molecule has 1 amide bonds. The number of nitrogens with one attached hydrogen (secondary N) is 2. The van der Waals surface area contributed by atoms with Gasteiger partial charge in [-0.15, -0.1) is 0 Å². The van der Waals surface area contributed by atoms with Gasteiger partial charge in [-0.05, 0) is 36.8 Å². The third-order valence-electron chi connectivity index (χ3n) is 3.01. The average molecular weight is 290 g/mol. The summed E-state index contributed by atoms with van der Waals surface area (Å²) in [5.41, 5.74) is 1.52. The van der Waals surface area contributed by atoms with Crippen molar-refractivity contribution in [3.8, 4) is 0 Å². The van der Waals surface area contributed by atoms with Crippen LogP contribution in [0.15, 0.2) is 42.6 Å². The van der Waals surface area contributed by atoms with E-state index in [1.54, 1.807) is 25.4 Å². The Balaban J connectivity index is 2.13. The van der Waals surface area contributed by atoms with Crippen molar-refractivity contribution in [2.45, 2.75) is 13.0 Å². The molecule has 1 unspecified atom stereocenters. The highest BCUT2D eigenvalue weighted by atomic mass is 35.5. The van der Waals surface area contributed by atoms with E-state index in [4.69, 9.17) is 11.6 Å². The van der Waals surface area contributed by atoms with Gasteiger partial charge in [-0.3, -0.25) is 4.79 Å². The predicted molar refractivity (Wildman–Crippen MR) is 81.1 cm³/mol. The summed E-state index contributed by atoms with van der Waals surface area (Å²) in [5.74, 6) is 0.401. The average Bonchev–Trinajstić information content (AvgIpc) is 2.47. The number of hydrogen-bond acceptors (Lipinski definition) is 3. The number of nitrogens with zero attached hydrogens (tertiary/aromatic N) is 1. The molecular formula is C15H16ClN3O. The van der Waals surface area contributed by atoms with Crippen LogP contribution in [0, 0.1) is 0 Å². The lowest BCUT2D eigenvalue weighted by Gasteiger charge is -2.15. The fraction of sp³-hybridized carbons (Fsp3) is 0.200. The maximum atomic E-state index is 12.3. The highest BCUT2D eigenvalue weighted by Crippen LogP contribution is 2.17. The van der Waals surface area contributed by atoms with Crippen molar-refractivity contribution in [2.75, 3.05) is 12.4 Å². The third-order valence-corrected chi connectivity index (χ3v) is 3.26.